The number of hydrogen-bond donors (Lipinski definition) is 3. The summed E-state index contributed by atoms with van der Waals surface area (Å²) in [5.74, 6) is -0.316. The molecule has 138 valence electrons. The van der Waals surface area contributed by atoms with Gasteiger partial charge >= 0.3 is 6.03 Å². The molecule has 27 heavy (non-hydrogen) atoms. The highest BCUT2D eigenvalue weighted by molar-refractivity contribution is 7.14. The summed E-state index contributed by atoms with van der Waals surface area (Å²) in [6, 6.07) is 12.9. The molecule has 1 aromatic heterocycles. The van der Waals surface area contributed by atoms with E-state index in [2.05, 4.69) is 20.9 Å². The number of amides is 3. The molecular weight excluding hydrogens is 360 g/mol. The Kier molecular flexibility index (Phi) is 5.52. The smallest absolute Gasteiger partial charge is 0.321 e. The summed E-state index contributed by atoms with van der Waals surface area (Å²) in [5.41, 5.74) is 4.90. The number of rotatable bonds is 4. The van der Waals surface area contributed by atoms with Crippen LogP contribution in [-0.2, 0) is 0 Å². The van der Waals surface area contributed by atoms with Crippen molar-refractivity contribution in [2.45, 2.75) is 20.8 Å². The van der Waals surface area contributed by atoms with Crippen molar-refractivity contribution in [1.29, 1.82) is 0 Å². The molecule has 0 aliphatic carbocycles. The van der Waals surface area contributed by atoms with E-state index in [4.69, 9.17) is 0 Å². The van der Waals surface area contributed by atoms with Crippen molar-refractivity contribution in [2.24, 2.45) is 0 Å². The van der Waals surface area contributed by atoms with Crippen LogP contribution in [0.25, 0.3) is 0 Å². The van der Waals surface area contributed by atoms with Crippen molar-refractivity contribution in [3.05, 3.63) is 70.2 Å². The van der Waals surface area contributed by atoms with Gasteiger partial charge in [0.05, 0.1) is 0 Å². The molecule has 0 bridgehead atoms. The number of aryl methyl sites for hydroxylation is 3. The van der Waals surface area contributed by atoms with Crippen LogP contribution in [0.15, 0.2) is 47.8 Å². The molecule has 0 aliphatic rings. The van der Waals surface area contributed by atoms with Gasteiger partial charge in [0.2, 0.25) is 0 Å². The van der Waals surface area contributed by atoms with Crippen LogP contribution < -0.4 is 16.0 Å². The van der Waals surface area contributed by atoms with Crippen molar-refractivity contribution < 1.29 is 9.59 Å². The molecule has 0 fully saturated rings. The largest absolute Gasteiger partial charge is 0.325 e. The number of anilines is 3. The summed E-state index contributed by atoms with van der Waals surface area (Å²) in [5, 5.41) is 10.2. The lowest BCUT2D eigenvalue weighted by Crippen LogP contribution is -2.19. The van der Waals surface area contributed by atoms with Gasteiger partial charge < -0.3 is 10.6 Å². The highest BCUT2D eigenvalue weighted by atomic mass is 32.1. The maximum absolute atomic E-state index is 12.4. The van der Waals surface area contributed by atoms with Gasteiger partial charge in [-0.3, -0.25) is 10.1 Å². The second-order valence-electron chi connectivity index (χ2n) is 6.31. The van der Waals surface area contributed by atoms with E-state index >= 15 is 0 Å². The first kappa shape index (κ1) is 18.6. The molecule has 0 radical (unpaired) electrons. The molecule has 0 unspecified atom stereocenters. The van der Waals surface area contributed by atoms with Crippen LogP contribution in [0.1, 0.15) is 27.2 Å². The molecule has 0 aliphatic heterocycles. The molecule has 2 aromatic carbocycles. The average Bonchev–Trinajstić information content (AvgIpc) is 3.04. The van der Waals surface area contributed by atoms with Crippen LogP contribution in [0.2, 0.25) is 0 Å². The van der Waals surface area contributed by atoms with Gasteiger partial charge in [-0.1, -0.05) is 23.8 Å². The molecule has 3 amide bonds. The molecule has 3 aromatic rings. The first-order chi connectivity index (χ1) is 12.9. The Labute approximate surface area is 161 Å². The molecule has 0 saturated heterocycles. The second kappa shape index (κ2) is 8.01. The van der Waals surface area contributed by atoms with E-state index in [1.165, 1.54) is 11.3 Å². The summed E-state index contributed by atoms with van der Waals surface area (Å²) in [7, 11) is 0. The van der Waals surface area contributed by atoms with E-state index in [1.54, 1.807) is 5.38 Å². The van der Waals surface area contributed by atoms with Crippen LogP contribution in [0.3, 0.4) is 0 Å². The number of thiazole rings is 1. The van der Waals surface area contributed by atoms with E-state index in [-0.39, 0.29) is 11.6 Å². The van der Waals surface area contributed by atoms with Crippen LogP contribution in [-0.4, -0.2) is 16.9 Å². The van der Waals surface area contributed by atoms with Crippen molar-refractivity contribution in [3.63, 3.8) is 0 Å². The van der Waals surface area contributed by atoms with Gasteiger partial charge in [-0.15, -0.1) is 11.3 Å². The first-order valence-electron chi connectivity index (χ1n) is 8.39. The minimum absolute atomic E-state index is 0.254. The number of nitrogens with zero attached hydrogens (tertiary/aromatic N) is 1. The molecule has 1 heterocycles. The third kappa shape index (κ3) is 5.15. The molecule has 0 saturated carbocycles. The Bertz CT molecular complexity index is 960. The zero-order valence-corrected chi connectivity index (χ0v) is 16.1. The lowest BCUT2D eigenvalue weighted by molar-refractivity contribution is 0.102. The highest BCUT2D eigenvalue weighted by Crippen LogP contribution is 2.19. The minimum Gasteiger partial charge on any atom is -0.321 e. The number of nitrogens with one attached hydrogen (secondary N) is 3. The first-order valence-corrected chi connectivity index (χ1v) is 9.27. The fraction of sp³-hybridized carbons (Fsp3) is 0.150. The summed E-state index contributed by atoms with van der Waals surface area (Å²) in [6.45, 7) is 5.92. The Morgan fingerprint density at radius 1 is 0.815 bits per heavy atom. The van der Waals surface area contributed by atoms with E-state index in [1.807, 2.05) is 63.2 Å². The Morgan fingerprint density at radius 2 is 1.48 bits per heavy atom. The lowest BCUT2D eigenvalue weighted by Gasteiger charge is -2.06. The predicted octanol–water partition coefficient (Wildman–Crippen LogP) is 4.96. The Morgan fingerprint density at radius 3 is 2.15 bits per heavy atom. The number of carbonyl (C=O) groups is 2. The van der Waals surface area contributed by atoms with Gasteiger partial charge in [0.25, 0.3) is 5.91 Å². The number of aromatic nitrogens is 1. The summed E-state index contributed by atoms with van der Waals surface area (Å²) in [6.07, 6.45) is 0. The topological polar surface area (TPSA) is 83.1 Å². The third-order valence-corrected chi connectivity index (χ3v) is 4.50. The van der Waals surface area contributed by atoms with E-state index < -0.39 is 6.03 Å². The molecule has 6 nitrogen and oxygen atoms in total. The number of hydrogen-bond acceptors (Lipinski definition) is 4. The monoisotopic (exact) mass is 380 g/mol. The van der Waals surface area contributed by atoms with Gasteiger partial charge in [0.1, 0.15) is 5.69 Å². The molecule has 7 heteroatoms. The summed E-state index contributed by atoms with van der Waals surface area (Å²) in [4.78, 5) is 28.6. The van der Waals surface area contributed by atoms with E-state index in [9.17, 15) is 9.59 Å². The second-order valence-corrected chi connectivity index (χ2v) is 7.17. The van der Waals surface area contributed by atoms with Crippen LogP contribution in [0.4, 0.5) is 21.3 Å². The van der Waals surface area contributed by atoms with Crippen LogP contribution >= 0.6 is 11.3 Å². The molecule has 0 atom stereocenters. The maximum atomic E-state index is 12.4. The highest BCUT2D eigenvalue weighted by Gasteiger charge is 2.13. The third-order valence-electron chi connectivity index (χ3n) is 3.75. The fourth-order valence-electron chi connectivity index (χ4n) is 2.57. The van der Waals surface area contributed by atoms with Gasteiger partial charge in [0.15, 0.2) is 5.13 Å². The summed E-state index contributed by atoms with van der Waals surface area (Å²) >= 11 is 1.19. The average molecular weight is 380 g/mol. The molecular formula is C20H20N4O2S. The zero-order chi connectivity index (χ0) is 19.4. The Balaban J connectivity index is 1.61. The van der Waals surface area contributed by atoms with Crippen molar-refractivity contribution >= 4 is 39.8 Å². The quantitative estimate of drug-likeness (QED) is 0.598. The summed E-state index contributed by atoms with van der Waals surface area (Å²) < 4.78 is 0. The fourth-order valence-corrected chi connectivity index (χ4v) is 3.26. The molecule has 3 N–H and O–H groups in total. The van der Waals surface area contributed by atoms with Crippen molar-refractivity contribution in [3.8, 4) is 0 Å². The van der Waals surface area contributed by atoms with Crippen LogP contribution in [0.5, 0.6) is 0 Å². The molecule has 3 rings (SSSR count). The van der Waals surface area contributed by atoms with Gasteiger partial charge in [0, 0.05) is 16.8 Å². The normalized spacial score (nSPS) is 10.3. The number of urea groups is 1. The van der Waals surface area contributed by atoms with Crippen molar-refractivity contribution in [2.75, 3.05) is 16.0 Å². The van der Waals surface area contributed by atoms with Gasteiger partial charge in [-0.25, -0.2) is 9.78 Å². The number of carbonyl (C=O) groups excluding carboxylic acids is 2. The van der Waals surface area contributed by atoms with Crippen LogP contribution in [0, 0.1) is 20.8 Å². The maximum Gasteiger partial charge on any atom is 0.325 e. The van der Waals surface area contributed by atoms with E-state index in [0.717, 1.165) is 22.4 Å². The SMILES string of the molecule is Cc1ccc(NC(=O)Nc2nc(C(=O)Nc3cc(C)cc(C)c3)cs2)cc1. The number of benzene rings is 2. The van der Waals surface area contributed by atoms with Crippen molar-refractivity contribution in [1.82, 2.24) is 4.98 Å². The minimum atomic E-state index is -0.408. The van der Waals surface area contributed by atoms with Gasteiger partial charge in [-0.2, -0.15) is 0 Å². The standard InChI is InChI=1S/C20H20N4O2S/c1-12-4-6-15(7-5-12)22-19(26)24-20-23-17(11-27-20)18(25)21-16-9-13(2)8-14(3)10-16/h4-11H,1-3H3,(H,21,25)(H2,22,23,24,26). The van der Waals surface area contributed by atoms with E-state index in [0.29, 0.717) is 10.8 Å². The zero-order valence-electron chi connectivity index (χ0n) is 15.3. The predicted molar refractivity (Wildman–Crippen MR) is 110 cm³/mol. The van der Waals surface area contributed by atoms with Gasteiger partial charge in [-0.05, 0) is 56.2 Å². The molecule has 0 spiro atoms. The lowest BCUT2D eigenvalue weighted by atomic mass is 10.1. The Hall–Kier alpha value is -3.19.